The molecule has 3 heteroatoms. The smallest absolute Gasteiger partial charge is 0.0295 e. The molecule has 2 aliphatic rings. The summed E-state index contributed by atoms with van der Waals surface area (Å²) in [5, 5.41) is 3.00. The molecule has 0 radical (unpaired) electrons. The summed E-state index contributed by atoms with van der Waals surface area (Å²) in [5.41, 5.74) is 0. The average molecular weight is 366 g/mol. The molecule has 2 fully saturated rings. The van der Waals surface area contributed by atoms with E-state index in [0.29, 0.717) is 6.04 Å². The lowest BCUT2D eigenvalue weighted by atomic mass is 9.90. The Labute approximate surface area is 160 Å². The minimum Gasteiger partial charge on any atom is -0.302 e. The SMILES string of the molecule is CN1CCCCC1C1CCCCN1P(c1ccccc1)c1ccccc1. The molecule has 4 rings (SSSR count). The lowest BCUT2D eigenvalue weighted by molar-refractivity contribution is 0.0928. The van der Waals surface area contributed by atoms with Gasteiger partial charge in [0.05, 0.1) is 0 Å². The summed E-state index contributed by atoms with van der Waals surface area (Å²) >= 11 is 0. The maximum atomic E-state index is 2.90. The van der Waals surface area contributed by atoms with Gasteiger partial charge in [-0.25, -0.2) is 0 Å². The van der Waals surface area contributed by atoms with Gasteiger partial charge < -0.3 is 4.90 Å². The van der Waals surface area contributed by atoms with E-state index in [9.17, 15) is 0 Å². The van der Waals surface area contributed by atoms with Crippen molar-refractivity contribution in [2.45, 2.75) is 50.6 Å². The lowest BCUT2D eigenvalue weighted by Crippen LogP contribution is -2.53. The van der Waals surface area contributed by atoms with Crippen LogP contribution in [0.25, 0.3) is 0 Å². The van der Waals surface area contributed by atoms with E-state index in [4.69, 9.17) is 0 Å². The molecule has 26 heavy (non-hydrogen) atoms. The second-order valence-corrected chi connectivity index (χ2v) is 9.92. The highest BCUT2D eigenvalue weighted by Crippen LogP contribution is 2.45. The maximum absolute atomic E-state index is 2.90. The Hall–Kier alpha value is -1.21. The van der Waals surface area contributed by atoms with Gasteiger partial charge >= 0.3 is 0 Å². The third-order valence-corrected chi connectivity index (χ3v) is 8.63. The van der Waals surface area contributed by atoms with E-state index in [2.05, 4.69) is 77.3 Å². The molecule has 0 bridgehead atoms. The predicted octanol–water partition coefficient (Wildman–Crippen LogP) is 4.37. The molecule has 2 aromatic rings. The van der Waals surface area contributed by atoms with Crippen molar-refractivity contribution >= 4 is 18.7 Å². The van der Waals surface area contributed by atoms with E-state index in [0.717, 1.165) is 6.04 Å². The maximum Gasteiger partial charge on any atom is 0.0295 e. The molecular formula is C23H31N2P. The Morgan fingerprint density at radius 1 is 0.692 bits per heavy atom. The van der Waals surface area contributed by atoms with Crippen LogP contribution in [0.3, 0.4) is 0 Å². The van der Waals surface area contributed by atoms with Gasteiger partial charge in [0.25, 0.3) is 0 Å². The fourth-order valence-electron chi connectivity index (χ4n) is 4.75. The Balaban J connectivity index is 1.70. The Bertz CT molecular complexity index is 636. The molecule has 0 N–H and O–H groups in total. The Kier molecular flexibility index (Phi) is 6.05. The predicted molar refractivity (Wildman–Crippen MR) is 114 cm³/mol. The molecule has 0 aromatic heterocycles. The van der Waals surface area contributed by atoms with Gasteiger partial charge in [-0.3, -0.25) is 4.67 Å². The number of likely N-dealkylation sites (tertiary alicyclic amines) is 1. The van der Waals surface area contributed by atoms with Crippen molar-refractivity contribution in [1.82, 2.24) is 9.57 Å². The molecule has 2 saturated heterocycles. The Morgan fingerprint density at radius 3 is 1.81 bits per heavy atom. The van der Waals surface area contributed by atoms with Crippen LogP contribution in [0.15, 0.2) is 60.7 Å². The second-order valence-electron chi connectivity index (χ2n) is 7.75. The number of rotatable bonds is 4. The van der Waals surface area contributed by atoms with E-state index in [1.165, 1.54) is 62.2 Å². The number of benzene rings is 2. The molecular weight excluding hydrogens is 335 g/mol. The molecule has 0 spiro atoms. The van der Waals surface area contributed by atoms with Crippen molar-refractivity contribution in [2.75, 3.05) is 20.1 Å². The van der Waals surface area contributed by atoms with Gasteiger partial charge in [-0.1, -0.05) is 73.5 Å². The number of nitrogens with zero attached hydrogens (tertiary/aromatic N) is 2. The molecule has 2 atom stereocenters. The van der Waals surface area contributed by atoms with Crippen molar-refractivity contribution < 1.29 is 0 Å². The molecule has 2 unspecified atom stereocenters. The van der Waals surface area contributed by atoms with E-state index >= 15 is 0 Å². The third-order valence-electron chi connectivity index (χ3n) is 6.05. The standard InChI is InChI=1S/C23H31N2P/c1-24-18-10-8-16-22(24)23-17-9-11-19-25(23)26(20-12-4-2-5-13-20)21-14-6-3-7-15-21/h2-7,12-15,22-23H,8-11,16-19H2,1H3. The van der Waals surface area contributed by atoms with Gasteiger partial charge in [-0.2, -0.15) is 0 Å². The van der Waals surface area contributed by atoms with E-state index in [1.54, 1.807) is 0 Å². The number of likely N-dealkylation sites (N-methyl/N-ethyl adjacent to an activating group) is 1. The highest BCUT2D eigenvalue weighted by Gasteiger charge is 2.37. The van der Waals surface area contributed by atoms with Crippen LogP contribution < -0.4 is 10.6 Å². The van der Waals surface area contributed by atoms with Crippen LogP contribution >= 0.6 is 8.07 Å². The average Bonchev–Trinajstić information content (AvgIpc) is 2.71. The van der Waals surface area contributed by atoms with Gasteiger partial charge in [0, 0.05) is 26.7 Å². The Morgan fingerprint density at radius 2 is 1.23 bits per heavy atom. The molecule has 0 amide bonds. The fraction of sp³-hybridized carbons (Fsp3) is 0.478. The van der Waals surface area contributed by atoms with Crippen LogP contribution in [0.2, 0.25) is 0 Å². The number of hydrogen-bond donors (Lipinski definition) is 0. The highest BCUT2D eigenvalue weighted by atomic mass is 31.1. The van der Waals surface area contributed by atoms with Crippen molar-refractivity contribution in [3.8, 4) is 0 Å². The van der Waals surface area contributed by atoms with Crippen molar-refractivity contribution in [1.29, 1.82) is 0 Å². The van der Waals surface area contributed by atoms with Crippen molar-refractivity contribution in [2.24, 2.45) is 0 Å². The first kappa shape index (κ1) is 18.2. The molecule has 0 saturated carbocycles. The first-order valence-electron chi connectivity index (χ1n) is 10.2. The second kappa shape index (κ2) is 8.65. The molecule has 2 nitrogen and oxygen atoms in total. The number of hydrogen-bond acceptors (Lipinski definition) is 2. The van der Waals surface area contributed by atoms with Crippen LogP contribution in [-0.2, 0) is 0 Å². The van der Waals surface area contributed by atoms with Crippen LogP contribution in [0, 0.1) is 0 Å². The normalized spacial score (nSPS) is 25.5. The van der Waals surface area contributed by atoms with Crippen LogP contribution in [0.1, 0.15) is 38.5 Å². The topological polar surface area (TPSA) is 6.48 Å². The molecule has 138 valence electrons. The highest BCUT2D eigenvalue weighted by molar-refractivity contribution is 7.70. The lowest BCUT2D eigenvalue weighted by Gasteiger charge is -2.48. The molecule has 2 aromatic carbocycles. The van der Waals surface area contributed by atoms with E-state index in [-0.39, 0.29) is 0 Å². The van der Waals surface area contributed by atoms with E-state index in [1.807, 2.05) is 0 Å². The van der Waals surface area contributed by atoms with Gasteiger partial charge in [0.15, 0.2) is 0 Å². The monoisotopic (exact) mass is 366 g/mol. The molecule has 0 aliphatic carbocycles. The molecule has 2 aliphatic heterocycles. The fourth-order valence-corrected chi connectivity index (χ4v) is 7.46. The summed E-state index contributed by atoms with van der Waals surface area (Å²) in [5.74, 6) is 0. The minimum absolute atomic E-state index is 0.446. The first-order chi connectivity index (χ1) is 12.8. The summed E-state index contributed by atoms with van der Waals surface area (Å²) in [6, 6.07) is 23.9. The zero-order valence-corrected chi connectivity index (χ0v) is 16.8. The summed E-state index contributed by atoms with van der Waals surface area (Å²) in [7, 11) is 1.91. The van der Waals surface area contributed by atoms with Gasteiger partial charge in [0.1, 0.15) is 0 Å². The first-order valence-corrected chi connectivity index (χ1v) is 11.5. The van der Waals surface area contributed by atoms with Crippen molar-refractivity contribution in [3.05, 3.63) is 60.7 Å². The van der Waals surface area contributed by atoms with Gasteiger partial charge in [-0.05, 0) is 49.9 Å². The third kappa shape index (κ3) is 3.88. The largest absolute Gasteiger partial charge is 0.302 e. The van der Waals surface area contributed by atoms with Crippen LogP contribution in [0.4, 0.5) is 0 Å². The summed E-state index contributed by atoms with van der Waals surface area (Å²) in [4.78, 5) is 2.65. The van der Waals surface area contributed by atoms with E-state index < -0.39 is 8.07 Å². The van der Waals surface area contributed by atoms with Crippen molar-refractivity contribution in [3.63, 3.8) is 0 Å². The minimum atomic E-state index is -0.446. The molecule has 2 heterocycles. The number of piperidine rings is 2. The quantitative estimate of drug-likeness (QED) is 0.741. The zero-order chi connectivity index (χ0) is 17.8. The summed E-state index contributed by atoms with van der Waals surface area (Å²) in [6.45, 7) is 2.51. The summed E-state index contributed by atoms with van der Waals surface area (Å²) < 4.78 is 2.90. The zero-order valence-electron chi connectivity index (χ0n) is 15.9. The van der Waals surface area contributed by atoms with Crippen LogP contribution in [-0.4, -0.2) is 41.8 Å². The van der Waals surface area contributed by atoms with Gasteiger partial charge in [-0.15, -0.1) is 0 Å². The van der Waals surface area contributed by atoms with Crippen LogP contribution in [0.5, 0.6) is 0 Å². The summed E-state index contributed by atoms with van der Waals surface area (Å²) in [6.07, 6.45) is 8.21. The van der Waals surface area contributed by atoms with Gasteiger partial charge in [0.2, 0.25) is 0 Å².